The maximum Gasteiger partial charge on any atom is 0.255 e. The highest BCUT2D eigenvalue weighted by Crippen LogP contribution is 2.33. The van der Waals surface area contributed by atoms with Gasteiger partial charge in [-0.15, -0.1) is 0 Å². The predicted octanol–water partition coefficient (Wildman–Crippen LogP) is 6.19. The molecular weight excluding hydrogens is 566 g/mol. The molecule has 1 aliphatic heterocycles. The third-order valence-electron chi connectivity index (χ3n) is 8.24. The van der Waals surface area contributed by atoms with Crippen molar-refractivity contribution in [2.24, 2.45) is 7.05 Å². The van der Waals surface area contributed by atoms with Crippen LogP contribution in [0.5, 0.6) is 11.6 Å². The molecule has 0 spiro atoms. The van der Waals surface area contributed by atoms with Gasteiger partial charge < -0.3 is 24.8 Å². The smallest absolute Gasteiger partial charge is 0.255 e. The van der Waals surface area contributed by atoms with Gasteiger partial charge in [-0.1, -0.05) is 13.0 Å². The third-order valence-corrected chi connectivity index (χ3v) is 8.24. The van der Waals surface area contributed by atoms with E-state index in [4.69, 9.17) is 14.7 Å². The number of amides is 2. The Labute approximate surface area is 262 Å². The second-order valence-corrected chi connectivity index (χ2v) is 11.5. The first-order chi connectivity index (χ1) is 21.8. The van der Waals surface area contributed by atoms with E-state index in [0.29, 0.717) is 29.4 Å². The molecule has 2 aromatic carbocycles. The lowest BCUT2D eigenvalue weighted by Gasteiger charge is -2.35. The summed E-state index contributed by atoms with van der Waals surface area (Å²) in [5.41, 5.74) is 6.56. The fourth-order valence-corrected chi connectivity index (χ4v) is 5.69. The van der Waals surface area contributed by atoms with Gasteiger partial charge in [0.25, 0.3) is 5.91 Å². The van der Waals surface area contributed by atoms with Gasteiger partial charge in [0.1, 0.15) is 11.3 Å². The number of ether oxygens (including phenoxy) is 1. The van der Waals surface area contributed by atoms with Crippen LogP contribution in [0.3, 0.4) is 0 Å². The van der Waals surface area contributed by atoms with Crippen LogP contribution in [0.15, 0.2) is 73.2 Å². The predicted molar refractivity (Wildman–Crippen MR) is 176 cm³/mol. The number of benzene rings is 2. The molecule has 2 amide bonds. The third kappa shape index (κ3) is 6.50. The lowest BCUT2D eigenvalue weighted by molar-refractivity contribution is -0.121. The standard InChI is InChI=1S/C35H37N7O3/c1-5-31(43)37-26-12-17-42(18-13-26)29-11-10-27(19-23(29)3)38-34(44)24-9-8-22(2)30(20-24)45-35-32-28(14-16-41(32)4)39-33(40-35)25-7-6-15-36-21-25/h6-11,14-16,19-21,26H,5,12-13,17-18H2,1-4H3,(H,37,43)(H,38,44). The highest BCUT2D eigenvalue weighted by atomic mass is 16.5. The van der Waals surface area contributed by atoms with Crippen LogP contribution in [0, 0.1) is 13.8 Å². The Bertz CT molecular complexity index is 1860. The summed E-state index contributed by atoms with van der Waals surface area (Å²) in [6.45, 7) is 7.61. The molecule has 5 aromatic rings. The number of anilines is 2. The first kappa shape index (κ1) is 29.8. The Morgan fingerprint density at radius 2 is 1.82 bits per heavy atom. The van der Waals surface area contributed by atoms with Crippen molar-refractivity contribution in [1.82, 2.24) is 24.8 Å². The van der Waals surface area contributed by atoms with Crippen LogP contribution in [0.1, 0.15) is 47.7 Å². The minimum absolute atomic E-state index is 0.106. The molecule has 0 aliphatic carbocycles. The average molecular weight is 604 g/mol. The van der Waals surface area contributed by atoms with Crippen molar-refractivity contribution in [2.45, 2.75) is 46.1 Å². The van der Waals surface area contributed by atoms with Crippen LogP contribution in [0.2, 0.25) is 0 Å². The Morgan fingerprint density at radius 1 is 1.00 bits per heavy atom. The molecule has 3 aromatic heterocycles. The van der Waals surface area contributed by atoms with E-state index < -0.39 is 0 Å². The van der Waals surface area contributed by atoms with Crippen molar-refractivity contribution in [3.63, 3.8) is 0 Å². The Balaban J connectivity index is 1.18. The zero-order valence-electron chi connectivity index (χ0n) is 26.0. The van der Waals surface area contributed by atoms with Crippen molar-refractivity contribution in [1.29, 1.82) is 0 Å². The van der Waals surface area contributed by atoms with Crippen molar-refractivity contribution in [3.8, 4) is 23.0 Å². The van der Waals surface area contributed by atoms with E-state index >= 15 is 0 Å². The number of carbonyl (C=O) groups is 2. The largest absolute Gasteiger partial charge is 0.437 e. The molecule has 0 unspecified atom stereocenters. The van der Waals surface area contributed by atoms with E-state index in [-0.39, 0.29) is 17.9 Å². The zero-order chi connectivity index (χ0) is 31.5. The lowest BCUT2D eigenvalue weighted by atomic mass is 10.0. The Morgan fingerprint density at radius 3 is 2.56 bits per heavy atom. The number of piperidine rings is 1. The molecule has 10 heteroatoms. The molecule has 1 saturated heterocycles. The normalized spacial score (nSPS) is 13.6. The minimum Gasteiger partial charge on any atom is -0.437 e. The average Bonchev–Trinajstić information content (AvgIpc) is 3.43. The number of aryl methyl sites for hydroxylation is 3. The molecule has 6 rings (SSSR count). The Kier molecular flexibility index (Phi) is 8.46. The lowest BCUT2D eigenvalue weighted by Crippen LogP contribution is -2.44. The van der Waals surface area contributed by atoms with Gasteiger partial charge in [0, 0.05) is 73.7 Å². The number of pyridine rings is 1. The van der Waals surface area contributed by atoms with Gasteiger partial charge in [-0.3, -0.25) is 14.6 Å². The van der Waals surface area contributed by atoms with Gasteiger partial charge in [-0.05, 0) is 86.3 Å². The SMILES string of the molecule is CCC(=O)NC1CCN(c2ccc(NC(=O)c3ccc(C)c(Oc4nc(-c5cccnc5)nc5ccn(C)c45)c3)cc2C)CC1. The van der Waals surface area contributed by atoms with E-state index in [9.17, 15) is 9.59 Å². The summed E-state index contributed by atoms with van der Waals surface area (Å²) in [5, 5.41) is 6.15. The first-order valence-electron chi connectivity index (χ1n) is 15.3. The number of hydrogen-bond donors (Lipinski definition) is 2. The molecule has 230 valence electrons. The zero-order valence-corrected chi connectivity index (χ0v) is 26.0. The summed E-state index contributed by atoms with van der Waals surface area (Å²) < 4.78 is 8.32. The summed E-state index contributed by atoms with van der Waals surface area (Å²) in [4.78, 5) is 41.2. The van der Waals surface area contributed by atoms with Crippen molar-refractivity contribution >= 4 is 34.2 Å². The van der Waals surface area contributed by atoms with E-state index in [1.807, 2.05) is 68.1 Å². The summed E-state index contributed by atoms with van der Waals surface area (Å²) in [6.07, 6.45) is 7.68. The fraction of sp³-hybridized carbons (Fsp3) is 0.286. The van der Waals surface area contributed by atoms with Gasteiger partial charge in [0.2, 0.25) is 11.8 Å². The van der Waals surface area contributed by atoms with E-state index in [0.717, 1.165) is 65.0 Å². The van der Waals surface area contributed by atoms with E-state index in [1.54, 1.807) is 24.5 Å². The van der Waals surface area contributed by atoms with Crippen LogP contribution >= 0.6 is 0 Å². The number of carbonyl (C=O) groups excluding carboxylic acids is 2. The topological polar surface area (TPSA) is 114 Å². The number of nitrogens with zero attached hydrogens (tertiary/aromatic N) is 5. The molecule has 0 saturated carbocycles. The van der Waals surface area contributed by atoms with Crippen LogP contribution in [0.4, 0.5) is 11.4 Å². The maximum absolute atomic E-state index is 13.4. The highest BCUT2D eigenvalue weighted by molar-refractivity contribution is 6.04. The van der Waals surface area contributed by atoms with E-state index in [1.165, 1.54) is 0 Å². The molecule has 1 aliphatic rings. The number of fused-ring (bicyclic) bond motifs is 1. The number of nitrogens with one attached hydrogen (secondary N) is 2. The van der Waals surface area contributed by atoms with Gasteiger partial charge in [-0.25, -0.2) is 4.98 Å². The van der Waals surface area contributed by atoms with Crippen LogP contribution in [0.25, 0.3) is 22.4 Å². The quantitative estimate of drug-likeness (QED) is 0.218. The molecule has 10 nitrogen and oxygen atoms in total. The fourth-order valence-electron chi connectivity index (χ4n) is 5.69. The van der Waals surface area contributed by atoms with Crippen LogP contribution in [-0.4, -0.2) is 50.5 Å². The van der Waals surface area contributed by atoms with Gasteiger partial charge in [0.05, 0.1) is 5.52 Å². The number of hydrogen-bond acceptors (Lipinski definition) is 7. The number of rotatable bonds is 8. The van der Waals surface area contributed by atoms with Crippen molar-refractivity contribution in [2.75, 3.05) is 23.3 Å². The summed E-state index contributed by atoms with van der Waals surface area (Å²) in [6, 6.07) is 17.3. The second-order valence-electron chi connectivity index (χ2n) is 11.5. The van der Waals surface area contributed by atoms with Gasteiger partial charge >= 0.3 is 0 Å². The van der Waals surface area contributed by atoms with E-state index in [2.05, 4.69) is 33.5 Å². The highest BCUT2D eigenvalue weighted by Gasteiger charge is 2.22. The molecule has 0 radical (unpaired) electrons. The van der Waals surface area contributed by atoms with Crippen molar-refractivity contribution in [3.05, 3.63) is 89.9 Å². The Hall–Kier alpha value is -5.25. The van der Waals surface area contributed by atoms with Crippen molar-refractivity contribution < 1.29 is 14.3 Å². The molecule has 0 bridgehead atoms. The first-order valence-corrected chi connectivity index (χ1v) is 15.3. The van der Waals surface area contributed by atoms with Gasteiger partial charge in [0.15, 0.2) is 5.82 Å². The maximum atomic E-state index is 13.4. The molecule has 2 N–H and O–H groups in total. The van der Waals surface area contributed by atoms with Gasteiger partial charge in [-0.2, -0.15) is 4.98 Å². The summed E-state index contributed by atoms with van der Waals surface area (Å²) >= 11 is 0. The van der Waals surface area contributed by atoms with Crippen LogP contribution < -0.4 is 20.3 Å². The molecule has 1 fully saturated rings. The van der Waals surface area contributed by atoms with Crippen LogP contribution in [-0.2, 0) is 11.8 Å². The monoisotopic (exact) mass is 603 g/mol. The summed E-state index contributed by atoms with van der Waals surface area (Å²) in [5.74, 6) is 1.31. The summed E-state index contributed by atoms with van der Waals surface area (Å²) in [7, 11) is 1.92. The second kappa shape index (κ2) is 12.8. The molecule has 0 atom stereocenters. The minimum atomic E-state index is -0.234. The number of aromatic nitrogens is 4. The molecular formula is C35H37N7O3. The molecule has 45 heavy (non-hydrogen) atoms. The molecule has 4 heterocycles.